The Hall–Kier alpha value is -1.06. The molecule has 0 radical (unpaired) electrons. The van der Waals surface area contributed by atoms with Gasteiger partial charge in [-0.05, 0) is 43.9 Å². The first-order chi connectivity index (χ1) is 8.83. The van der Waals surface area contributed by atoms with Gasteiger partial charge in [-0.15, -0.1) is 0 Å². The van der Waals surface area contributed by atoms with E-state index in [1.54, 1.807) is 0 Å². The van der Waals surface area contributed by atoms with E-state index in [0.717, 1.165) is 19.4 Å². The molecule has 1 aliphatic carbocycles. The summed E-state index contributed by atoms with van der Waals surface area (Å²) in [6.45, 7) is 3.48. The molecule has 0 amide bonds. The van der Waals surface area contributed by atoms with Gasteiger partial charge in [0.2, 0.25) is 0 Å². The number of benzene rings is 1. The van der Waals surface area contributed by atoms with Crippen LogP contribution in [-0.4, -0.2) is 31.7 Å². The lowest BCUT2D eigenvalue weighted by Gasteiger charge is -2.33. The van der Waals surface area contributed by atoms with Crippen LogP contribution in [0.15, 0.2) is 24.3 Å². The van der Waals surface area contributed by atoms with Gasteiger partial charge in [0.25, 0.3) is 0 Å². The number of nitrogens with one attached hydrogen (secondary N) is 1. The van der Waals surface area contributed by atoms with Crippen molar-refractivity contribution < 1.29 is 0 Å². The fourth-order valence-electron chi connectivity index (χ4n) is 3.04. The van der Waals surface area contributed by atoms with Crippen molar-refractivity contribution in [2.24, 2.45) is 5.73 Å². The average molecular weight is 245 g/mol. The van der Waals surface area contributed by atoms with E-state index in [9.17, 15) is 0 Å². The molecule has 3 heteroatoms. The van der Waals surface area contributed by atoms with Crippen molar-refractivity contribution in [3.8, 4) is 0 Å². The van der Waals surface area contributed by atoms with Crippen molar-refractivity contribution >= 4 is 5.69 Å². The van der Waals surface area contributed by atoms with Crippen molar-refractivity contribution in [2.75, 3.05) is 24.5 Å². The second-order valence-corrected chi connectivity index (χ2v) is 5.60. The van der Waals surface area contributed by atoms with Crippen LogP contribution in [0.4, 0.5) is 5.69 Å². The first-order valence-electron chi connectivity index (χ1n) is 7.15. The van der Waals surface area contributed by atoms with Crippen molar-refractivity contribution in [1.29, 1.82) is 0 Å². The third kappa shape index (κ3) is 2.52. The van der Waals surface area contributed by atoms with Crippen LogP contribution in [0.25, 0.3) is 0 Å². The smallest absolute Gasteiger partial charge is 0.0399 e. The Labute approximate surface area is 109 Å². The quantitative estimate of drug-likeness (QED) is 0.773. The van der Waals surface area contributed by atoms with Gasteiger partial charge in [-0.3, -0.25) is 0 Å². The molecular weight excluding hydrogens is 222 g/mol. The van der Waals surface area contributed by atoms with Crippen molar-refractivity contribution in [1.82, 2.24) is 5.32 Å². The highest BCUT2D eigenvalue weighted by Crippen LogP contribution is 2.27. The third-order valence-corrected chi connectivity index (χ3v) is 4.20. The maximum atomic E-state index is 5.78. The standard InChI is InChI=1S/C15H23N3/c16-13-10-14(11-13)17-7-3-8-18-9-6-12-4-1-2-5-15(12)18/h1-2,4-5,13-14,17H,3,6-11,16H2. The fraction of sp³-hybridized carbons (Fsp3) is 0.600. The topological polar surface area (TPSA) is 41.3 Å². The number of nitrogens with zero attached hydrogens (tertiary/aromatic N) is 1. The molecule has 3 nitrogen and oxygen atoms in total. The molecule has 98 valence electrons. The van der Waals surface area contributed by atoms with Gasteiger partial charge in [0.1, 0.15) is 0 Å². The van der Waals surface area contributed by atoms with Gasteiger partial charge < -0.3 is 16.0 Å². The lowest BCUT2D eigenvalue weighted by Crippen LogP contribution is -2.48. The van der Waals surface area contributed by atoms with Crippen LogP contribution in [-0.2, 0) is 6.42 Å². The Morgan fingerprint density at radius 1 is 1.28 bits per heavy atom. The highest BCUT2D eigenvalue weighted by Gasteiger charge is 2.24. The van der Waals surface area contributed by atoms with Gasteiger partial charge >= 0.3 is 0 Å². The van der Waals surface area contributed by atoms with E-state index in [1.807, 2.05) is 0 Å². The molecule has 1 saturated carbocycles. The summed E-state index contributed by atoms with van der Waals surface area (Å²) in [5.41, 5.74) is 8.73. The van der Waals surface area contributed by atoms with Crippen LogP contribution < -0.4 is 16.0 Å². The summed E-state index contributed by atoms with van der Waals surface area (Å²) in [6, 6.07) is 9.93. The molecule has 0 bridgehead atoms. The minimum Gasteiger partial charge on any atom is -0.371 e. The summed E-state index contributed by atoms with van der Waals surface area (Å²) in [5.74, 6) is 0. The van der Waals surface area contributed by atoms with Crippen LogP contribution in [0.5, 0.6) is 0 Å². The van der Waals surface area contributed by atoms with Gasteiger partial charge in [0, 0.05) is 30.9 Å². The van der Waals surface area contributed by atoms with Crippen LogP contribution in [0.2, 0.25) is 0 Å². The molecule has 0 unspecified atom stereocenters. The molecule has 18 heavy (non-hydrogen) atoms. The molecule has 1 fully saturated rings. The van der Waals surface area contributed by atoms with E-state index in [-0.39, 0.29) is 0 Å². The highest BCUT2D eigenvalue weighted by molar-refractivity contribution is 5.57. The average Bonchev–Trinajstić information content (AvgIpc) is 2.75. The predicted octanol–water partition coefficient (Wildman–Crippen LogP) is 1.52. The van der Waals surface area contributed by atoms with E-state index in [1.165, 1.54) is 37.2 Å². The summed E-state index contributed by atoms with van der Waals surface area (Å²) in [5, 5.41) is 3.59. The number of hydrogen-bond donors (Lipinski definition) is 2. The normalized spacial score (nSPS) is 25.9. The molecule has 3 rings (SSSR count). The van der Waals surface area contributed by atoms with Gasteiger partial charge in [-0.2, -0.15) is 0 Å². The summed E-state index contributed by atoms with van der Waals surface area (Å²) >= 11 is 0. The Morgan fingerprint density at radius 3 is 2.94 bits per heavy atom. The minimum absolute atomic E-state index is 0.452. The summed E-state index contributed by atoms with van der Waals surface area (Å²) in [6.07, 6.45) is 4.75. The first-order valence-corrected chi connectivity index (χ1v) is 7.15. The molecule has 0 atom stereocenters. The molecule has 3 N–H and O–H groups in total. The van der Waals surface area contributed by atoms with E-state index in [0.29, 0.717) is 12.1 Å². The van der Waals surface area contributed by atoms with Crippen molar-refractivity contribution in [2.45, 2.75) is 37.8 Å². The van der Waals surface area contributed by atoms with Crippen molar-refractivity contribution in [3.05, 3.63) is 29.8 Å². The van der Waals surface area contributed by atoms with E-state index in [4.69, 9.17) is 5.73 Å². The molecule has 0 aromatic heterocycles. The molecule has 2 aliphatic rings. The molecular formula is C15H23N3. The number of para-hydroxylation sites is 1. The summed E-state index contributed by atoms with van der Waals surface area (Å²) in [4.78, 5) is 2.52. The Bertz CT molecular complexity index is 398. The van der Waals surface area contributed by atoms with Gasteiger partial charge in [0.05, 0.1) is 0 Å². The number of anilines is 1. The minimum atomic E-state index is 0.452. The van der Waals surface area contributed by atoms with Crippen LogP contribution in [0, 0.1) is 0 Å². The monoisotopic (exact) mass is 245 g/mol. The Balaban J connectivity index is 1.39. The zero-order valence-electron chi connectivity index (χ0n) is 10.9. The molecule has 0 saturated heterocycles. The summed E-state index contributed by atoms with van der Waals surface area (Å²) < 4.78 is 0. The van der Waals surface area contributed by atoms with E-state index >= 15 is 0 Å². The van der Waals surface area contributed by atoms with Gasteiger partial charge in [0.15, 0.2) is 0 Å². The number of nitrogens with two attached hydrogens (primary N) is 1. The molecule has 0 spiro atoms. The Kier molecular flexibility index (Phi) is 3.52. The number of rotatable bonds is 5. The lowest BCUT2D eigenvalue weighted by atomic mass is 9.88. The maximum Gasteiger partial charge on any atom is 0.0399 e. The van der Waals surface area contributed by atoms with Gasteiger partial charge in [-0.25, -0.2) is 0 Å². The second-order valence-electron chi connectivity index (χ2n) is 5.60. The molecule has 1 heterocycles. The molecule has 1 aromatic carbocycles. The van der Waals surface area contributed by atoms with E-state index in [2.05, 4.69) is 34.5 Å². The zero-order chi connectivity index (χ0) is 12.4. The van der Waals surface area contributed by atoms with E-state index < -0.39 is 0 Å². The van der Waals surface area contributed by atoms with Crippen LogP contribution >= 0.6 is 0 Å². The zero-order valence-corrected chi connectivity index (χ0v) is 10.9. The second kappa shape index (κ2) is 5.29. The van der Waals surface area contributed by atoms with Gasteiger partial charge in [-0.1, -0.05) is 18.2 Å². The van der Waals surface area contributed by atoms with Crippen LogP contribution in [0.3, 0.4) is 0 Å². The Morgan fingerprint density at radius 2 is 2.11 bits per heavy atom. The van der Waals surface area contributed by atoms with Crippen LogP contribution in [0.1, 0.15) is 24.8 Å². The number of hydrogen-bond acceptors (Lipinski definition) is 3. The molecule has 1 aliphatic heterocycles. The number of fused-ring (bicyclic) bond motifs is 1. The highest BCUT2D eigenvalue weighted by atomic mass is 15.1. The maximum absolute atomic E-state index is 5.78. The largest absolute Gasteiger partial charge is 0.371 e. The third-order valence-electron chi connectivity index (χ3n) is 4.20. The first kappa shape index (κ1) is 12.0. The van der Waals surface area contributed by atoms with Crippen molar-refractivity contribution in [3.63, 3.8) is 0 Å². The fourth-order valence-corrected chi connectivity index (χ4v) is 3.04. The SMILES string of the molecule is NC1CC(NCCCN2CCc3ccccc32)C1. The summed E-state index contributed by atoms with van der Waals surface area (Å²) in [7, 11) is 0. The molecule has 1 aromatic rings. The lowest BCUT2D eigenvalue weighted by molar-refractivity contribution is 0.292. The predicted molar refractivity (Wildman–Crippen MR) is 76.0 cm³/mol.